The number of benzene rings is 2. The second-order valence-electron chi connectivity index (χ2n) is 5.54. The van der Waals surface area contributed by atoms with E-state index in [1.165, 1.54) is 11.1 Å². The minimum atomic E-state index is -0.0808. The molecular formula is C18H20FNS. The predicted octanol–water partition coefficient (Wildman–Crippen LogP) is 4.50. The molecule has 0 fully saturated rings. The molecule has 0 aromatic heterocycles. The van der Waals surface area contributed by atoms with Crippen molar-refractivity contribution in [1.82, 2.24) is 5.32 Å². The zero-order valence-electron chi connectivity index (χ0n) is 12.2. The van der Waals surface area contributed by atoms with Crippen LogP contribution in [0.5, 0.6) is 0 Å². The zero-order valence-corrected chi connectivity index (χ0v) is 13.0. The van der Waals surface area contributed by atoms with Crippen LogP contribution in [0.1, 0.15) is 29.2 Å². The third-order valence-electron chi connectivity index (χ3n) is 3.91. The molecule has 0 aliphatic carbocycles. The summed E-state index contributed by atoms with van der Waals surface area (Å²) in [7, 11) is 0. The molecule has 3 heteroatoms. The van der Waals surface area contributed by atoms with Crippen molar-refractivity contribution in [1.29, 1.82) is 0 Å². The van der Waals surface area contributed by atoms with E-state index in [0.29, 0.717) is 0 Å². The van der Waals surface area contributed by atoms with Gasteiger partial charge in [-0.1, -0.05) is 42.0 Å². The summed E-state index contributed by atoms with van der Waals surface area (Å²) in [5.74, 6) is 0.901. The molecule has 1 atom stereocenters. The Kier molecular flexibility index (Phi) is 4.61. The van der Waals surface area contributed by atoms with Gasteiger partial charge in [-0.25, -0.2) is 4.39 Å². The Morgan fingerprint density at radius 2 is 2.10 bits per heavy atom. The highest BCUT2D eigenvalue weighted by molar-refractivity contribution is 7.99. The van der Waals surface area contributed by atoms with Crippen LogP contribution in [-0.4, -0.2) is 12.3 Å². The van der Waals surface area contributed by atoms with Gasteiger partial charge in [-0.3, -0.25) is 0 Å². The summed E-state index contributed by atoms with van der Waals surface area (Å²) in [4.78, 5) is 0.830. The lowest BCUT2D eigenvalue weighted by molar-refractivity contribution is 0.500. The molecule has 1 nitrogen and oxygen atoms in total. The first kappa shape index (κ1) is 14.6. The SMILES string of the molecule is Cc1cccc(CCNC2CCSc3c(F)cccc32)c1. The molecule has 0 saturated carbocycles. The van der Waals surface area contributed by atoms with Crippen LogP contribution >= 0.6 is 11.8 Å². The average Bonchev–Trinajstić information content (AvgIpc) is 2.48. The molecule has 21 heavy (non-hydrogen) atoms. The highest BCUT2D eigenvalue weighted by atomic mass is 32.2. The summed E-state index contributed by atoms with van der Waals surface area (Å²) in [5.41, 5.74) is 3.77. The van der Waals surface area contributed by atoms with E-state index < -0.39 is 0 Å². The van der Waals surface area contributed by atoms with E-state index in [9.17, 15) is 4.39 Å². The molecular weight excluding hydrogens is 281 g/mol. The third-order valence-corrected chi connectivity index (χ3v) is 5.07. The Morgan fingerprint density at radius 3 is 2.95 bits per heavy atom. The van der Waals surface area contributed by atoms with Crippen molar-refractivity contribution in [2.75, 3.05) is 12.3 Å². The Bertz CT molecular complexity index is 626. The van der Waals surface area contributed by atoms with Gasteiger partial charge in [0.1, 0.15) is 5.82 Å². The van der Waals surface area contributed by atoms with Crippen LogP contribution in [0.3, 0.4) is 0 Å². The Balaban J connectivity index is 1.63. The van der Waals surface area contributed by atoms with E-state index in [-0.39, 0.29) is 11.9 Å². The Hall–Kier alpha value is -1.32. The number of fused-ring (bicyclic) bond motifs is 1. The molecule has 2 aromatic carbocycles. The molecule has 110 valence electrons. The van der Waals surface area contributed by atoms with E-state index in [0.717, 1.165) is 35.6 Å². The van der Waals surface area contributed by atoms with Crippen molar-refractivity contribution in [3.63, 3.8) is 0 Å². The van der Waals surface area contributed by atoms with Gasteiger partial charge in [0.25, 0.3) is 0 Å². The molecule has 0 amide bonds. The molecule has 0 bridgehead atoms. The van der Waals surface area contributed by atoms with Crippen LogP contribution in [0.4, 0.5) is 4.39 Å². The lowest BCUT2D eigenvalue weighted by Crippen LogP contribution is -2.26. The van der Waals surface area contributed by atoms with Crippen molar-refractivity contribution >= 4 is 11.8 Å². The molecule has 3 rings (SSSR count). The summed E-state index contributed by atoms with van der Waals surface area (Å²) in [6.45, 7) is 3.04. The monoisotopic (exact) mass is 301 g/mol. The minimum absolute atomic E-state index is 0.0808. The number of nitrogens with one attached hydrogen (secondary N) is 1. The largest absolute Gasteiger partial charge is 0.310 e. The number of hydrogen-bond donors (Lipinski definition) is 1. The first-order valence-electron chi connectivity index (χ1n) is 7.44. The molecule has 2 aromatic rings. The standard InChI is InChI=1S/C18H20FNS/c1-13-4-2-5-14(12-13)8-10-20-17-9-11-21-18-15(17)6-3-7-16(18)19/h2-7,12,17,20H,8-11H2,1H3. The van der Waals surface area contributed by atoms with Crippen molar-refractivity contribution in [2.45, 2.75) is 30.7 Å². The third kappa shape index (κ3) is 3.47. The van der Waals surface area contributed by atoms with Crippen LogP contribution in [0, 0.1) is 12.7 Å². The normalized spacial score (nSPS) is 17.5. The topological polar surface area (TPSA) is 12.0 Å². The smallest absolute Gasteiger partial charge is 0.137 e. The molecule has 1 aliphatic heterocycles. The maximum absolute atomic E-state index is 13.8. The first-order valence-corrected chi connectivity index (χ1v) is 8.43. The molecule has 0 radical (unpaired) electrons. The van der Waals surface area contributed by atoms with Gasteiger partial charge in [-0.15, -0.1) is 11.8 Å². The summed E-state index contributed by atoms with van der Waals surface area (Å²) in [5, 5.41) is 3.59. The number of aryl methyl sites for hydroxylation is 1. The summed E-state index contributed by atoms with van der Waals surface area (Å²) in [6.07, 6.45) is 2.07. The van der Waals surface area contributed by atoms with Gasteiger partial charge in [-0.05, 0) is 49.3 Å². The summed E-state index contributed by atoms with van der Waals surface area (Å²) in [6, 6.07) is 14.3. The van der Waals surface area contributed by atoms with Gasteiger partial charge in [0.15, 0.2) is 0 Å². The van der Waals surface area contributed by atoms with Gasteiger partial charge in [0.05, 0.1) is 0 Å². The van der Waals surface area contributed by atoms with E-state index in [1.54, 1.807) is 17.8 Å². The predicted molar refractivity (Wildman–Crippen MR) is 87.4 cm³/mol. The Labute approximate surface area is 130 Å². The highest BCUT2D eigenvalue weighted by Crippen LogP contribution is 2.37. The molecule has 0 spiro atoms. The number of rotatable bonds is 4. The number of hydrogen-bond acceptors (Lipinski definition) is 2. The molecule has 1 N–H and O–H groups in total. The van der Waals surface area contributed by atoms with Gasteiger partial charge in [0.2, 0.25) is 0 Å². The van der Waals surface area contributed by atoms with Gasteiger partial charge in [0, 0.05) is 10.9 Å². The fraction of sp³-hybridized carbons (Fsp3) is 0.333. The van der Waals surface area contributed by atoms with Crippen molar-refractivity contribution in [3.05, 3.63) is 65.0 Å². The fourth-order valence-corrected chi connectivity index (χ4v) is 4.00. The minimum Gasteiger partial charge on any atom is -0.310 e. The highest BCUT2D eigenvalue weighted by Gasteiger charge is 2.22. The van der Waals surface area contributed by atoms with Crippen LogP contribution in [0.15, 0.2) is 47.4 Å². The van der Waals surface area contributed by atoms with E-state index in [1.807, 2.05) is 6.07 Å². The molecule has 0 saturated heterocycles. The number of halogens is 1. The van der Waals surface area contributed by atoms with Gasteiger partial charge in [-0.2, -0.15) is 0 Å². The zero-order chi connectivity index (χ0) is 14.7. The van der Waals surface area contributed by atoms with Crippen molar-refractivity contribution in [3.8, 4) is 0 Å². The van der Waals surface area contributed by atoms with Crippen molar-refractivity contribution < 1.29 is 4.39 Å². The Morgan fingerprint density at radius 1 is 1.24 bits per heavy atom. The first-order chi connectivity index (χ1) is 10.2. The lowest BCUT2D eigenvalue weighted by Gasteiger charge is -2.26. The molecule has 1 heterocycles. The maximum Gasteiger partial charge on any atom is 0.137 e. The molecule has 1 unspecified atom stereocenters. The second-order valence-corrected chi connectivity index (χ2v) is 6.65. The van der Waals surface area contributed by atoms with E-state index >= 15 is 0 Å². The van der Waals surface area contributed by atoms with Gasteiger partial charge >= 0.3 is 0 Å². The van der Waals surface area contributed by atoms with Gasteiger partial charge < -0.3 is 5.32 Å². The number of thioether (sulfide) groups is 1. The van der Waals surface area contributed by atoms with Crippen LogP contribution in [0.2, 0.25) is 0 Å². The summed E-state index contributed by atoms with van der Waals surface area (Å²) >= 11 is 1.64. The summed E-state index contributed by atoms with van der Waals surface area (Å²) < 4.78 is 13.8. The van der Waals surface area contributed by atoms with E-state index in [4.69, 9.17) is 0 Å². The average molecular weight is 301 g/mol. The second kappa shape index (κ2) is 6.63. The lowest BCUT2D eigenvalue weighted by atomic mass is 10.0. The van der Waals surface area contributed by atoms with Crippen LogP contribution in [-0.2, 0) is 6.42 Å². The van der Waals surface area contributed by atoms with Crippen molar-refractivity contribution in [2.24, 2.45) is 0 Å². The van der Waals surface area contributed by atoms with Crippen LogP contribution < -0.4 is 5.32 Å². The maximum atomic E-state index is 13.8. The molecule has 1 aliphatic rings. The van der Waals surface area contributed by atoms with E-state index in [2.05, 4.69) is 42.6 Å². The quantitative estimate of drug-likeness (QED) is 0.892. The van der Waals surface area contributed by atoms with Crippen LogP contribution in [0.25, 0.3) is 0 Å². The fourth-order valence-electron chi connectivity index (χ4n) is 2.86.